The smallest absolute Gasteiger partial charge is 0.232 e. The molecule has 2 aromatic heterocycles. The molecule has 10 heteroatoms. The Kier molecular flexibility index (Phi) is 5.93. The van der Waals surface area contributed by atoms with Gasteiger partial charge in [-0.1, -0.05) is 0 Å². The fourth-order valence-corrected chi connectivity index (χ4v) is 5.52. The average Bonchev–Trinajstić information content (AvgIpc) is 3.50. The van der Waals surface area contributed by atoms with Crippen molar-refractivity contribution in [3.63, 3.8) is 0 Å². The van der Waals surface area contributed by atoms with Gasteiger partial charge in [-0.25, -0.2) is 19.9 Å². The molecule has 4 aliphatic heterocycles. The van der Waals surface area contributed by atoms with Gasteiger partial charge in [-0.15, -0.1) is 0 Å². The Morgan fingerprint density at radius 3 is 1.47 bits per heavy atom. The lowest BCUT2D eigenvalue weighted by Crippen LogP contribution is -2.32. The van der Waals surface area contributed by atoms with Crippen LogP contribution in [-0.2, 0) is 9.59 Å². The van der Waals surface area contributed by atoms with Crippen LogP contribution in [-0.4, -0.2) is 71.0 Å². The van der Waals surface area contributed by atoms with Crippen LogP contribution in [0.2, 0.25) is 0 Å². The van der Waals surface area contributed by atoms with Gasteiger partial charge in [-0.2, -0.15) is 0 Å². The molecule has 2 N–H and O–H groups in total. The predicted molar refractivity (Wildman–Crippen MR) is 127 cm³/mol. The van der Waals surface area contributed by atoms with E-state index in [9.17, 15) is 9.59 Å². The first-order valence-corrected chi connectivity index (χ1v) is 12.0. The molecule has 0 unspecified atom stereocenters. The van der Waals surface area contributed by atoms with Crippen LogP contribution in [0.5, 0.6) is 0 Å². The Bertz CT molecular complexity index is 1050. The van der Waals surface area contributed by atoms with Crippen molar-refractivity contribution < 1.29 is 9.59 Å². The first-order chi connectivity index (χ1) is 16.3. The molecule has 0 aromatic carbocycles. The molecular formula is C24H32N8O2. The Morgan fingerprint density at radius 1 is 0.676 bits per heavy atom. The van der Waals surface area contributed by atoms with Gasteiger partial charge in [-0.05, 0) is 51.7 Å². The number of hydrogen-bond donors (Lipinski definition) is 2. The van der Waals surface area contributed by atoms with Gasteiger partial charge < -0.3 is 15.1 Å². The molecule has 0 spiro atoms. The number of anilines is 2. The standard InChI is InChI=1S/C12H14N4O2.C12H18N4/c1-6-3-7(2)14-12(13-6)16-4-8-9(5-16)11(18)15-10(8)17;1-8-3-9(2)15-12(14-8)16-6-10-4-13-5-11(10)7-16/h3,8-9H,4-5H2,1-2H3,(H,15,17,18);3,10-11,13H,4-7H2,1-2H3/t8-,9+;10-,11+. The lowest BCUT2D eigenvalue weighted by molar-refractivity contribution is -0.126. The second-order valence-corrected chi connectivity index (χ2v) is 9.96. The summed E-state index contributed by atoms with van der Waals surface area (Å²) in [5.74, 6) is 2.29. The lowest BCUT2D eigenvalue weighted by atomic mass is 10.00. The van der Waals surface area contributed by atoms with Crippen molar-refractivity contribution in [2.45, 2.75) is 27.7 Å². The molecule has 0 radical (unpaired) electrons. The average molecular weight is 465 g/mol. The van der Waals surface area contributed by atoms with Crippen molar-refractivity contribution in [3.8, 4) is 0 Å². The van der Waals surface area contributed by atoms with Crippen LogP contribution in [0.15, 0.2) is 12.1 Å². The molecular weight excluding hydrogens is 432 g/mol. The molecule has 4 saturated heterocycles. The fraction of sp³-hybridized carbons (Fsp3) is 0.583. The highest BCUT2D eigenvalue weighted by Gasteiger charge is 2.48. The maximum absolute atomic E-state index is 11.6. The van der Waals surface area contributed by atoms with E-state index in [1.165, 1.54) is 0 Å². The quantitative estimate of drug-likeness (QED) is 0.615. The number of nitrogens with one attached hydrogen (secondary N) is 2. The van der Waals surface area contributed by atoms with Crippen LogP contribution in [0.25, 0.3) is 0 Å². The highest BCUT2D eigenvalue weighted by molar-refractivity contribution is 6.06. The topological polar surface area (TPSA) is 116 Å². The van der Waals surface area contributed by atoms with E-state index in [-0.39, 0.29) is 23.7 Å². The molecule has 4 fully saturated rings. The van der Waals surface area contributed by atoms with E-state index in [0.29, 0.717) is 19.0 Å². The number of imide groups is 1. The third-order valence-electron chi connectivity index (χ3n) is 7.14. The van der Waals surface area contributed by atoms with Crippen LogP contribution in [0, 0.1) is 51.4 Å². The van der Waals surface area contributed by atoms with Crippen molar-refractivity contribution in [1.29, 1.82) is 0 Å². The Labute approximate surface area is 199 Å². The first kappa shape index (κ1) is 22.6. The summed E-state index contributed by atoms with van der Waals surface area (Å²) in [7, 11) is 0. The normalized spacial score (nSPS) is 27.4. The zero-order valence-corrected chi connectivity index (χ0v) is 20.2. The summed E-state index contributed by atoms with van der Waals surface area (Å²) >= 11 is 0. The van der Waals surface area contributed by atoms with Crippen molar-refractivity contribution in [1.82, 2.24) is 30.6 Å². The van der Waals surface area contributed by atoms with E-state index in [4.69, 9.17) is 0 Å². The van der Waals surface area contributed by atoms with Gasteiger partial charge >= 0.3 is 0 Å². The van der Waals surface area contributed by atoms with Crippen LogP contribution in [0.1, 0.15) is 22.8 Å². The minimum Gasteiger partial charge on any atom is -0.340 e. The summed E-state index contributed by atoms with van der Waals surface area (Å²) < 4.78 is 0. The molecule has 180 valence electrons. The lowest BCUT2D eigenvalue weighted by Gasteiger charge is -2.18. The molecule has 2 aromatic rings. The monoisotopic (exact) mass is 464 g/mol. The highest BCUT2D eigenvalue weighted by Crippen LogP contribution is 2.31. The first-order valence-electron chi connectivity index (χ1n) is 12.0. The van der Waals surface area contributed by atoms with Gasteiger partial charge in [0, 0.05) is 62.0 Å². The van der Waals surface area contributed by atoms with Crippen LogP contribution in [0.3, 0.4) is 0 Å². The number of aromatic nitrogens is 4. The number of rotatable bonds is 2. The number of amides is 2. The van der Waals surface area contributed by atoms with Gasteiger partial charge in [0.05, 0.1) is 11.8 Å². The van der Waals surface area contributed by atoms with Crippen molar-refractivity contribution in [3.05, 3.63) is 34.9 Å². The Hall–Kier alpha value is -3.14. The van der Waals surface area contributed by atoms with Crippen LogP contribution >= 0.6 is 0 Å². The fourth-order valence-electron chi connectivity index (χ4n) is 5.52. The third kappa shape index (κ3) is 4.46. The summed E-state index contributed by atoms with van der Waals surface area (Å²) in [5.41, 5.74) is 3.92. The molecule has 4 atom stereocenters. The molecule has 0 aliphatic carbocycles. The third-order valence-corrected chi connectivity index (χ3v) is 7.14. The minimum absolute atomic E-state index is 0.170. The summed E-state index contributed by atoms with van der Waals surface area (Å²) in [6, 6.07) is 3.93. The van der Waals surface area contributed by atoms with E-state index in [0.717, 1.165) is 66.7 Å². The summed E-state index contributed by atoms with van der Waals surface area (Å²) in [5, 5.41) is 5.82. The van der Waals surface area contributed by atoms with E-state index in [1.807, 2.05) is 44.7 Å². The second kappa shape index (κ2) is 8.90. The summed E-state index contributed by atoms with van der Waals surface area (Å²) in [6.45, 7) is 13.5. The van der Waals surface area contributed by atoms with E-state index in [2.05, 4.69) is 35.5 Å². The molecule has 34 heavy (non-hydrogen) atoms. The molecule has 10 nitrogen and oxygen atoms in total. The number of carbonyl (C=O) groups is 2. The Morgan fingerprint density at radius 2 is 1.06 bits per heavy atom. The molecule has 0 saturated carbocycles. The maximum atomic E-state index is 11.6. The maximum Gasteiger partial charge on any atom is 0.232 e. The van der Waals surface area contributed by atoms with Gasteiger partial charge in [0.1, 0.15) is 0 Å². The summed E-state index contributed by atoms with van der Waals surface area (Å²) in [4.78, 5) is 45.2. The number of fused-ring (bicyclic) bond motifs is 2. The SMILES string of the molecule is Cc1cc(C)nc(N2C[C@@H]3C(=O)NC(=O)[C@@H]3C2)n1.Cc1cc(C)nc(N2C[C@H]3CNC[C@H]3C2)n1. The van der Waals surface area contributed by atoms with Crippen molar-refractivity contribution in [2.75, 3.05) is 49.1 Å². The minimum atomic E-state index is -0.248. The highest BCUT2D eigenvalue weighted by atomic mass is 16.2. The molecule has 0 bridgehead atoms. The number of carbonyl (C=O) groups excluding carboxylic acids is 2. The predicted octanol–water partition coefficient (Wildman–Crippen LogP) is 0.551. The Balaban J connectivity index is 0.000000142. The van der Waals surface area contributed by atoms with Gasteiger partial charge in [0.15, 0.2) is 0 Å². The number of aryl methyl sites for hydroxylation is 4. The number of nitrogens with zero attached hydrogens (tertiary/aromatic N) is 6. The van der Waals surface area contributed by atoms with Crippen molar-refractivity contribution in [2.24, 2.45) is 23.7 Å². The zero-order valence-electron chi connectivity index (χ0n) is 20.2. The molecule has 4 aliphatic rings. The van der Waals surface area contributed by atoms with Gasteiger partial charge in [-0.3, -0.25) is 14.9 Å². The molecule has 2 amide bonds. The van der Waals surface area contributed by atoms with Crippen molar-refractivity contribution >= 4 is 23.7 Å². The zero-order chi connectivity index (χ0) is 24.0. The van der Waals surface area contributed by atoms with Crippen LogP contribution < -0.4 is 20.4 Å². The molecule has 6 rings (SSSR count). The van der Waals surface area contributed by atoms with Gasteiger partial charge in [0.25, 0.3) is 0 Å². The summed E-state index contributed by atoms with van der Waals surface area (Å²) in [6.07, 6.45) is 0. The van der Waals surface area contributed by atoms with E-state index < -0.39 is 0 Å². The van der Waals surface area contributed by atoms with Crippen LogP contribution in [0.4, 0.5) is 11.9 Å². The van der Waals surface area contributed by atoms with E-state index >= 15 is 0 Å². The second-order valence-electron chi connectivity index (χ2n) is 9.96. The van der Waals surface area contributed by atoms with E-state index in [1.54, 1.807) is 0 Å². The number of hydrogen-bond acceptors (Lipinski definition) is 9. The molecule has 6 heterocycles. The largest absolute Gasteiger partial charge is 0.340 e. The van der Waals surface area contributed by atoms with Gasteiger partial charge in [0.2, 0.25) is 23.7 Å².